The Hall–Kier alpha value is -4.77. The number of para-hydroxylation sites is 1. The highest BCUT2D eigenvalue weighted by atomic mass is 16.5. The van der Waals surface area contributed by atoms with Crippen LogP contribution in [0, 0.1) is 6.92 Å². The van der Waals surface area contributed by atoms with E-state index in [2.05, 4.69) is 46.7 Å². The van der Waals surface area contributed by atoms with Crippen molar-refractivity contribution in [2.75, 3.05) is 12.4 Å². The molecule has 0 aliphatic carbocycles. The van der Waals surface area contributed by atoms with Crippen molar-refractivity contribution < 1.29 is 14.3 Å². The van der Waals surface area contributed by atoms with Gasteiger partial charge in [0.25, 0.3) is 5.91 Å². The number of aromatic nitrogens is 1. The van der Waals surface area contributed by atoms with E-state index in [4.69, 9.17) is 4.74 Å². The summed E-state index contributed by atoms with van der Waals surface area (Å²) in [5, 5.41) is 6.24. The number of carbonyl (C=O) groups is 2. The molecule has 39 heavy (non-hydrogen) atoms. The van der Waals surface area contributed by atoms with Gasteiger partial charge in [0.1, 0.15) is 0 Å². The molecular formula is C34H30N2O3. The fourth-order valence-corrected chi connectivity index (χ4v) is 5.01. The van der Waals surface area contributed by atoms with Crippen molar-refractivity contribution in [3.05, 3.63) is 114 Å². The van der Waals surface area contributed by atoms with Gasteiger partial charge in [-0.2, -0.15) is 0 Å². The SMILES string of the molecule is CC=C(CCC(=O)OC)c1ccc2cc(-c3cccc(C)c3C(=O)Nc3cccc4cccnc34)ccc2c1. The second kappa shape index (κ2) is 11.3. The lowest BCUT2D eigenvalue weighted by atomic mass is 9.92. The summed E-state index contributed by atoms with van der Waals surface area (Å²) < 4.78 is 4.80. The molecule has 0 radical (unpaired) electrons. The summed E-state index contributed by atoms with van der Waals surface area (Å²) in [5.41, 5.74) is 7.02. The van der Waals surface area contributed by atoms with Crippen LogP contribution in [0.1, 0.15) is 41.3 Å². The van der Waals surface area contributed by atoms with Crippen molar-refractivity contribution in [2.45, 2.75) is 26.7 Å². The predicted molar refractivity (Wildman–Crippen MR) is 159 cm³/mol. The Kier molecular flexibility index (Phi) is 7.50. The van der Waals surface area contributed by atoms with Crippen molar-refractivity contribution in [2.24, 2.45) is 0 Å². The number of amides is 1. The van der Waals surface area contributed by atoms with Gasteiger partial charge in [-0.05, 0) is 83.1 Å². The monoisotopic (exact) mass is 514 g/mol. The van der Waals surface area contributed by atoms with Crippen LogP contribution in [0.2, 0.25) is 0 Å². The number of ether oxygens (including phenoxy) is 1. The van der Waals surface area contributed by atoms with Crippen molar-refractivity contribution in [3.8, 4) is 11.1 Å². The Bertz CT molecular complexity index is 1730. The number of rotatable bonds is 7. The lowest BCUT2D eigenvalue weighted by Gasteiger charge is -2.15. The summed E-state index contributed by atoms with van der Waals surface area (Å²) in [6, 6.07) is 28.1. The van der Waals surface area contributed by atoms with E-state index < -0.39 is 0 Å². The van der Waals surface area contributed by atoms with Crippen molar-refractivity contribution >= 4 is 44.8 Å². The second-order valence-electron chi connectivity index (χ2n) is 9.50. The number of esters is 1. The predicted octanol–water partition coefficient (Wildman–Crippen LogP) is 7.97. The lowest BCUT2D eigenvalue weighted by molar-refractivity contribution is -0.140. The molecular weight excluding hydrogens is 484 g/mol. The number of nitrogens with one attached hydrogen (secondary N) is 1. The first kappa shape index (κ1) is 25.9. The number of benzene rings is 4. The maximum atomic E-state index is 13.6. The summed E-state index contributed by atoms with van der Waals surface area (Å²) in [7, 11) is 1.41. The Balaban J connectivity index is 1.47. The van der Waals surface area contributed by atoms with Gasteiger partial charge in [0.15, 0.2) is 0 Å². The van der Waals surface area contributed by atoms with Gasteiger partial charge in [-0.25, -0.2) is 0 Å². The molecule has 0 spiro atoms. The van der Waals surface area contributed by atoms with Gasteiger partial charge in [0.2, 0.25) is 0 Å². The molecule has 0 saturated carbocycles. The first-order valence-electron chi connectivity index (χ1n) is 13.0. The summed E-state index contributed by atoms with van der Waals surface area (Å²) in [5.74, 6) is -0.380. The number of fused-ring (bicyclic) bond motifs is 2. The molecule has 0 aliphatic rings. The van der Waals surface area contributed by atoms with Crippen LogP contribution < -0.4 is 5.32 Å². The number of methoxy groups -OCH3 is 1. The fraction of sp³-hybridized carbons (Fsp3) is 0.147. The molecule has 5 heteroatoms. The highest BCUT2D eigenvalue weighted by molar-refractivity contribution is 6.12. The van der Waals surface area contributed by atoms with E-state index in [1.807, 2.05) is 68.5 Å². The number of hydrogen-bond donors (Lipinski definition) is 1. The molecule has 5 aromatic rings. The van der Waals surface area contributed by atoms with E-state index in [0.29, 0.717) is 24.1 Å². The Labute approximate surface area is 228 Å². The molecule has 5 nitrogen and oxygen atoms in total. The van der Waals surface area contributed by atoms with Crippen LogP contribution in [0.25, 0.3) is 38.4 Å². The van der Waals surface area contributed by atoms with Crippen LogP contribution in [0.3, 0.4) is 0 Å². The molecule has 1 aromatic heterocycles. The second-order valence-corrected chi connectivity index (χ2v) is 9.50. The topological polar surface area (TPSA) is 68.3 Å². The van der Waals surface area contributed by atoms with Gasteiger partial charge in [-0.15, -0.1) is 0 Å². The van der Waals surface area contributed by atoms with E-state index >= 15 is 0 Å². The number of nitrogens with zero attached hydrogens (tertiary/aromatic N) is 1. The van der Waals surface area contributed by atoms with Crippen molar-refractivity contribution in [1.82, 2.24) is 4.98 Å². The van der Waals surface area contributed by atoms with Crippen LogP contribution in [0.5, 0.6) is 0 Å². The number of aryl methyl sites for hydroxylation is 1. The molecule has 4 aromatic carbocycles. The number of carbonyl (C=O) groups excluding carboxylic acids is 2. The Morgan fingerprint density at radius 2 is 1.64 bits per heavy atom. The zero-order valence-corrected chi connectivity index (χ0v) is 22.3. The minimum absolute atomic E-state index is 0.167. The van der Waals surface area contributed by atoms with E-state index in [-0.39, 0.29) is 11.9 Å². The maximum Gasteiger partial charge on any atom is 0.305 e. The van der Waals surface area contributed by atoms with E-state index in [0.717, 1.165) is 49.5 Å². The quantitative estimate of drug-likeness (QED) is 0.224. The highest BCUT2D eigenvalue weighted by Gasteiger charge is 2.17. The minimum Gasteiger partial charge on any atom is -0.469 e. The van der Waals surface area contributed by atoms with Crippen molar-refractivity contribution in [3.63, 3.8) is 0 Å². The molecule has 1 amide bonds. The van der Waals surface area contributed by atoms with Crippen LogP contribution in [0.15, 0.2) is 97.2 Å². The number of pyridine rings is 1. The first-order chi connectivity index (χ1) is 19.0. The molecule has 5 rings (SSSR count). The molecule has 1 heterocycles. The summed E-state index contributed by atoms with van der Waals surface area (Å²) in [4.78, 5) is 29.7. The maximum absolute atomic E-state index is 13.6. The van der Waals surface area contributed by atoms with Crippen molar-refractivity contribution in [1.29, 1.82) is 0 Å². The fourth-order valence-electron chi connectivity index (χ4n) is 5.01. The normalized spacial score (nSPS) is 11.5. The number of hydrogen-bond acceptors (Lipinski definition) is 4. The third-order valence-corrected chi connectivity index (χ3v) is 7.08. The smallest absolute Gasteiger partial charge is 0.305 e. The zero-order valence-electron chi connectivity index (χ0n) is 22.3. The van der Waals surface area contributed by atoms with Gasteiger partial charge < -0.3 is 10.1 Å². The molecule has 0 saturated heterocycles. The molecule has 0 unspecified atom stereocenters. The van der Waals surface area contributed by atoms with E-state index in [9.17, 15) is 9.59 Å². The first-order valence-corrected chi connectivity index (χ1v) is 13.0. The van der Waals surface area contributed by atoms with Gasteiger partial charge >= 0.3 is 5.97 Å². The Morgan fingerprint density at radius 1 is 0.872 bits per heavy atom. The van der Waals surface area contributed by atoms with Crippen LogP contribution in [-0.2, 0) is 9.53 Å². The summed E-state index contributed by atoms with van der Waals surface area (Å²) >= 11 is 0. The third-order valence-electron chi connectivity index (χ3n) is 7.08. The zero-order chi connectivity index (χ0) is 27.4. The van der Waals surface area contributed by atoms with Gasteiger partial charge in [0, 0.05) is 18.0 Å². The largest absolute Gasteiger partial charge is 0.469 e. The number of allylic oxidation sites excluding steroid dienone is 2. The molecule has 0 atom stereocenters. The van der Waals surface area contributed by atoms with Crippen LogP contribution >= 0.6 is 0 Å². The van der Waals surface area contributed by atoms with Gasteiger partial charge in [-0.1, -0.05) is 66.7 Å². The van der Waals surface area contributed by atoms with Gasteiger partial charge in [0.05, 0.1) is 23.9 Å². The molecule has 0 aliphatic heterocycles. The summed E-state index contributed by atoms with van der Waals surface area (Å²) in [6.07, 6.45) is 4.75. The standard InChI is InChI=1S/C34H30N2O3/c1-4-23(17-18-31(37)39-3)25-13-14-27-21-28(16-15-26(27)20-25)29-11-5-8-22(2)32(29)34(38)36-30-12-6-9-24-10-7-19-35-33(24)30/h4-16,19-21H,17-18H2,1-3H3,(H,36,38). The Morgan fingerprint density at radius 3 is 2.46 bits per heavy atom. The molecule has 0 fully saturated rings. The molecule has 0 bridgehead atoms. The van der Waals surface area contributed by atoms with Crippen LogP contribution in [0.4, 0.5) is 5.69 Å². The highest BCUT2D eigenvalue weighted by Crippen LogP contribution is 2.32. The minimum atomic E-state index is -0.213. The third kappa shape index (κ3) is 5.43. The van der Waals surface area contributed by atoms with E-state index in [1.165, 1.54) is 7.11 Å². The average Bonchev–Trinajstić information content (AvgIpc) is 2.97. The molecule has 1 N–H and O–H groups in total. The van der Waals surface area contributed by atoms with E-state index in [1.54, 1.807) is 6.20 Å². The van der Waals surface area contributed by atoms with Crippen LogP contribution in [-0.4, -0.2) is 24.0 Å². The number of anilines is 1. The lowest BCUT2D eigenvalue weighted by Crippen LogP contribution is -2.15. The van der Waals surface area contributed by atoms with Gasteiger partial charge in [-0.3, -0.25) is 14.6 Å². The summed E-state index contributed by atoms with van der Waals surface area (Å²) in [6.45, 7) is 3.94. The average molecular weight is 515 g/mol. The molecule has 194 valence electrons.